The Morgan fingerprint density at radius 1 is 1.56 bits per heavy atom. The molecule has 0 radical (unpaired) electrons. The van der Waals surface area contributed by atoms with Gasteiger partial charge in [-0.3, -0.25) is 9.89 Å². The molecule has 0 aliphatic carbocycles. The summed E-state index contributed by atoms with van der Waals surface area (Å²) in [6, 6.07) is 5.81. The zero-order valence-corrected chi connectivity index (χ0v) is 9.09. The van der Waals surface area contributed by atoms with E-state index in [2.05, 4.69) is 16.7 Å². The highest BCUT2D eigenvalue weighted by atomic mass is 15.3. The molecular formula is C11H14N5+. The van der Waals surface area contributed by atoms with Gasteiger partial charge in [0.1, 0.15) is 0 Å². The molecule has 0 bridgehead atoms. The lowest BCUT2D eigenvalue weighted by molar-refractivity contribution is -0.575. The maximum absolute atomic E-state index is 6.04. The average molecular weight is 216 g/mol. The SMILES string of the molecule is C=CN(C=NC)c1[nH][n+]2ccccc2c1N. The fraction of sp³-hybridized carbons (Fsp3) is 0.0909. The molecule has 0 atom stereocenters. The van der Waals surface area contributed by atoms with Gasteiger partial charge in [-0.25, -0.2) is 0 Å². The first-order valence-electron chi connectivity index (χ1n) is 4.89. The second-order valence-corrected chi connectivity index (χ2v) is 3.29. The third-order valence-electron chi connectivity index (χ3n) is 2.31. The van der Waals surface area contributed by atoms with E-state index in [0.29, 0.717) is 5.69 Å². The first-order chi connectivity index (χ1) is 7.77. The number of fused-ring (bicyclic) bond motifs is 1. The summed E-state index contributed by atoms with van der Waals surface area (Å²) in [5.74, 6) is 0.756. The number of H-pyrrole nitrogens is 1. The van der Waals surface area contributed by atoms with Crippen molar-refractivity contribution in [3.63, 3.8) is 0 Å². The van der Waals surface area contributed by atoms with E-state index in [-0.39, 0.29) is 0 Å². The van der Waals surface area contributed by atoms with Gasteiger partial charge in [-0.05, 0) is 6.07 Å². The van der Waals surface area contributed by atoms with Gasteiger partial charge in [-0.2, -0.15) is 0 Å². The van der Waals surface area contributed by atoms with Crippen molar-refractivity contribution >= 4 is 23.4 Å². The van der Waals surface area contributed by atoms with E-state index in [1.165, 1.54) is 0 Å². The smallest absolute Gasteiger partial charge is 0.262 e. The van der Waals surface area contributed by atoms with Gasteiger partial charge < -0.3 is 5.73 Å². The summed E-state index contributed by atoms with van der Waals surface area (Å²) >= 11 is 0. The predicted molar refractivity (Wildman–Crippen MR) is 65.5 cm³/mol. The van der Waals surface area contributed by atoms with Crippen LogP contribution in [-0.4, -0.2) is 18.5 Å². The minimum Gasteiger partial charge on any atom is -0.390 e. The van der Waals surface area contributed by atoms with E-state index in [1.807, 2.05) is 28.9 Å². The van der Waals surface area contributed by atoms with Gasteiger partial charge in [0.2, 0.25) is 12.0 Å². The molecule has 0 saturated carbocycles. The Morgan fingerprint density at radius 3 is 3.00 bits per heavy atom. The summed E-state index contributed by atoms with van der Waals surface area (Å²) in [6.07, 6.45) is 5.20. The number of anilines is 2. The zero-order chi connectivity index (χ0) is 11.5. The van der Waals surface area contributed by atoms with Crippen LogP contribution in [0.25, 0.3) is 5.52 Å². The Balaban J connectivity index is 2.60. The highest BCUT2D eigenvalue weighted by Gasteiger charge is 2.18. The fourth-order valence-electron chi connectivity index (χ4n) is 1.57. The van der Waals surface area contributed by atoms with Gasteiger partial charge in [0, 0.05) is 25.4 Å². The van der Waals surface area contributed by atoms with Crippen LogP contribution in [0.1, 0.15) is 0 Å². The molecule has 2 rings (SSSR count). The molecule has 0 unspecified atom stereocenters. The Bertz CT molecular complexity index is 540. The van der Waals surface area contributed by atoms with Crippen LogP contribution in [0.4, 0.5) is 11.5 Å². The molecule has 3 N–H and O–H groups in total. The number of aliphatic imine (C=N–C) groups is 1. The number of hydrogen-bond acceptors (Lipinski definition) is 2. The van der Waals surface area contributed by atoms with Crippen molar-refractivity contribution in [2.24, 2.45) is 4.99 Å². The second kappa shape index (κ2) is 4.06. The van der Waals surface area contributed by atoms with E-state index >= 15 is 0 Å². The molecule has 0 spiro atoms. The van der Waals surface area contributed by atoms with Crippen molar-refractivity contribution in [1.82, 2.24) is 5.10 Å². The normalized spacial score (nSPS) is 11.1. The number of nitrogens with zero attached hydrogens (tertiary/aromatic N) is 3. The zero-order valence-electron chi connectivity index (χ0n) is 9.09. The molecule has 2 aromatic heterocycles. The Morgan fingerprint density at radius 2 is 2.38 bits per heavy atom. The quantitative estimate of drug-likeness (QED) is 0.456. The maximum Gasteiger partial charge on any atom is 0.262 e. The van der Waals surface area contributed by atoms with Crippen LogP contribution < -0.4 is 15.1 Å². The van der Waals surface area contributed by atoms with Crippen LogP contribution in [0, 0.1) is 0 Å². The Kier molecular flexibility index (Phi) is 2.59. The number of nitrogens with one attached hydrogen (secondary N) is 1. The van der Waals surface area contributed by atoms with Crippen LogP contribution in [0.2, 0.25) is 0 Å². The first-order valence-corrected chi connectivity index (χ1v) is 4.89. The lowest BCUT2D eigenvalue weighted by Gasteiger charge is -2.09. The van der Waals surface area contributed by atoms with Gasteiger partial charge >= 0.3 is 0 Å². The summed E-state index contributed by atoms with van der Waals surface area (Å²) in [5.41, 5.74) is 7.63. The summed E-state index contributed by atoms with van der Waals surface area (Å²) in [6.45, 7) is 3.72. The van der Waals surface area contributed by atoms with Crippen molar-refractivity contribution in [2.45, 2.75) is 0 Å². The molecule has 0 fully saturated rings. The second-order valence-electron chi connectivity index (χ2n) is 3.29. The highest BCUT2D eigenvalue weighted by molar-refractivity contribution is 5.89. The number of hydrogen-bond donors (Lipinski definition) is 2. The number of nitrogen functional groups attached to an aromatic ring is 1. The van der Waals surface area contributed by atoms with Crippen molar-refractivity contribution < 1.29 is 4.52 Å². The lowest BCUT2D eigenvalue weighted by Crippen LogP contribution is -2.23. The molecular weight excluding hydrogens is 202 g/mol. The van der Waals surface area contributed by atoms with Gasteiger partial charge in [0.05, 0.1) is 6.34 Å². The molecule has 0 aromatic carbocycles. The molecule has 82 valence electrons. The molecule has 0 amide bonds. The van der Waals surface area contributed by atoms with E-state index in [1.54, 1.807) is 24.5 Å². The molecule has 16 heavy (non-hydrogen) atoms. The maximum atomic E-state index is 6.04. The summed E-state index contributed by atoms with van der Waals surface area (Å²) in [5, 5.41) is 3.15. The monoisotopic (exact) mass is 216 g/mol. The van der Waals surface area contributed by atoms with Crippen molar-refractivity contribution in [3.8, 4) is 0 Å². The van der Waals surface area contributed by atoms with Crippen LogP contribution in [0.5, 0.6) is 0 Å². The van der Waals surface area contributed by atoms with E-state index in [0.717, 1.165) is 11.3 Å². The molecule has 5 nitrogen and oxygen atoms in total. The highest BCUT2D eigenvalue weighted by Crippen LogP contribution is 2.22. The van der Waals surface area contributed by atoms with Gasteiger partial charge in [0.25, 0.3) is 5.52 Å². The average Bonchev–Trinajstić information content (AvgIpc) is 2.64. The molecule has 0 aliphatic heterocycles. The molecule has 0 aliphatic rings. The number of rotatable bonds is 3. The fourth-order valence-corrected chi connectivity index (χ4v) is 1.57. The summed E-state index contributed by atoms with van der Waals surface area (Å²) < 4.78 is 1.85. The molecule has 5 heteroatoms. The largest absolute Gasteiger partial charge is 0.390 e. The first kappa shape index (κ1) is 10.2. The standard InChI is InChI=1S/C11H13N5/c1-3-15(8-13-2)11-10(12)9-6-4-5-7-16(9)14-11/h3-8H,1,12H2,2H3/p+1. The van der Waals surface area contributed by atoms with Crippen molar-refractivity contribution in [3.05, 3.63) is 37.2 Å². The van der Waals surface area contributed by atoms with Crippen molar-refractivity contribution in [2.75, 3.05) is 17.7 Å². The summed E-state index contributed by atoms with van der Waals surface area (Å²) in [4.78, 5) is 5.68. The van der Waals surface area contributed by atoms with Gasteiger partial charge in [0.15, 0.2) is 5.69 Å². The van der Waals surface area contributed by atoms with Crippen LogP contribution >= 0.6 is 0 Å². The van der Waals surface area contributed by atoms with Gasteiger partial charge in [-0.1, -0.05) is 11.1 Å². The lowest BCUT2D eigenvalue weighted by atomic mass is 10.3. The topological polar surface area (TPSA) is 61.5 Å². The number of aromatic nitrogens is 2. The van der Waals surface area contributed by atoms with Crippen LogP contribution in [0.15, 0.2) is 42.2 Å². The molecule has 0 saturated heterocycles. The number of nitrogens with two attached hydrogens (primary N) is 1. The Hall–Kier alpha value is -2.30. The summed E-state index contributed by atoms with van der Waals surface area (Å²) in [7, 11) is 1.70. The minimum atomic E-state index is 0.667. The number of pyridine rings is 1. The third kappa shape index (κ3) is 1.52. The van der Waals surface area contributed by atoms with Crippen LogP contribution in [-0.2, 0) is 0 Å². The predicted octanol–water partition coefficient (Wildman–Crippen LogP) is 0.944. The number of aromatic amines is 1. The minimum absolute atomic E-state index is 0.667. The van der Waals surface area contributed by atoms with Gasteiger partial charge in [-0.15, -0.1) is 5.10 Å². The van der Waals surface area contributed by atoms with E-state index in [9.17, 15) is 0 Å². The molecule has 2 heterocycles. The van der Waals surface area contributed by atoms with Crippen LogP contribution in [0.3, 0.4) is 0 Å². The Labute approximate surface area is 93.5 Å². The molecule has 2 aromatic rings. The van der Waals surface area contributed by atoms with Crippen molar-refractivity contribution in [1.29, 1.82) is 0 Å². The van der Waals surface area contributed by atoms with E-state index < -0.39 is 0 Å². The third-order valence-corrected chi connectivity index (χ3v) is 2.31. The van der Waals surface area contributed by atoms with E-state index in [4.69, 9.17) is 5.73 Å².